The van der Waals surface area contributed by atoms with Crippen LogP contribution in [0.25, 0.3) is 22.3 Å². The van der Waals surface area contributed by atoms with Gasteiger partial charge >= 0.3 is 0 Å². The van der Waals surface area contributed by atoms with E-state index in [1.54, 1.807) is 0 Å². The van der Waals surface area contributed by atoms with Crippen molar-refractivity contribution in [3.63, 3.8) is 0 Å². The van der Waals surface area contributed by atoms with Crippen molar-refractivity contribution >= 4 is 0 Å². The van der Waals surface area contributed by atoms with Gasteiger partial charge in [-0.2, -0.15) is 0 Å². The fraction of sp³-hybridized carbons (Fsp3) is 0.442. The maximum absolute atomic E-state index is 6.86. The summed E-state index contributed by atoms with van der Waals surface area (Å²) < 4.78 is 13.6. The lowest BCUT2D eigenvalue weighted by atomic mass is 9.70. The van der Waals surface area contributed by atoms with Crippen molar-refractivity contribution in [3.8, 4) is 33.8 Å². The van der Waals surface area contributed by atoms with E-state index in [0.717, 1.165) is 37.6 Å². The van der Waals surface area contributed by atoms with Crippen LogP contribution in [0.3, 0.4) is 0 Å². The van der Waals surface area contributed by atoms with Gasteiger partial charge in [0, 0.05) is 0 Å². The second kappa shape index (κ2) is 13.5. The Morgan fingerprint density at radius 3 is 1.56 bits per heavy atom. The first-order valence-corrected chi connectivity index (χ1v) is 17.7. The molecule has 0 aromatic heterocycles. The first-order chi connectivity index (χ1) is 22.0. The molecule has 0 saturated carbocycles. The summed E-state index contributed by atoms with van der Waals surface area (Å²) in [6, 6.07) is 27.8. The summed E-state index contributed by atoms with van der Waals surface area (Å²) in [5.74, 6) is 2.89. The first-order valence-electron chi connectivity index (χ1n) is 17.7. The first kappa shape index (κ1) is 31.5. The highest BCUT2D eigenvalue weighted by Crippen LogP contribution is 2.64. The zero-order valence-electron chi connectivity index (χ0n) is 28.5. The lowest BCUT2D eigenvalue weighted by Gasteiger charge is -2.31. The maximum Gasteiger partial charge on any atom is 0.161 e. The minimum absolute atomic E-state index is 0.384. The number of hydrogen-bond donors (Lipinski definition) is 0. The number of ether oxygens (including phenoxy) is 2. The normalized spacial score (nSPS) is 14.9. The molecule has 4 aromatic rings. The average Bonchev–Trinajstić information content (AvgIpc) is 3.50. The molecule has 0 aliphatic heterocycles. The van der Waals surface area contributed by atoms with Gasteiger partial charge in [-0.1, -0.05) is 138 Å². The molecule has 2 heteroatoms. The molecule has 0 amide bonds. The Labute approximate surface area is 272 Å². The zero-order valence-corrected chi connectivity index (χ0v) is 28.5. The third-order valence-corrected chi connectivity index (χ3v) is 10.6. The van der Waals surface area contributed by atoms with E-state index in [1.807, 2.05) is 0 Å². The van der Waals surface area contributed by atoms with Gasteiger partial charge in [0.25, 0.3) is 0 Å². The summed E-state index contributed by atoms with van der Waals surface area (Å²) in [6.07, 6.45) is 9.62. The smallest absolute Gasteiger partial charge is 0.161 e. The molecule has 2 unspecified atom stereocenters. The van der Waals surface area contributed by atoms with Gasteiger partial charge in [0.1, 0.15) is 0 Å². The van der Waals surface area contributed by atoms with Crippen LogP contribution < -0.4 is 9.47 Å². The minimum atomic E-state index is -0.384. The SMILES string of the molecule is CCCCC(CC)COc1cc2c(cc1OCC(CC)CCCC)C1(c3ccccc3-2)c2cc(C)ccc2-c2ccc(C)cc21. The fourth-order valence-corrected chi connectivity index (χ4v) is 7.85. The molecule has 0 radical (unpaired) electrons. The summed E-state index contributed by atoms with van der Waals surface area (Å²) >= 11 is 0. The van der Waals surface area contributed by atoms with Crippen molar-refractivity contribution in [2.75, 3.05) is 13.2 Å². The third-order valence-electron chi connectivity index (χ3n) is 10.6. The second-order valence-corrected chi connectivity index (χ2v) is 13.7. The molecule has 2 nitrogen and oxygen atoms in total. The standard InChI is InChI=1S/C43H52O2/c1-7-11-15-31(9-3)27-44-41-25-36-33-17-13-14-18-37(33)43(40(36)26-42(41)45-28-32(10-4)16-12-8-2)38-23-29(5)19-21-34(38)35-22-20-30(6)24-39(35)43/h13-14,17-26,31-32H,7-12,15-16,27-28H2,1-6H3. The predicted octanol–water partition coefficient (Wildman–Crippen LogP) is 11.8. The van der Waals surface area contributed by atoms with Crippen LogP contribution in [0.2, 0.25) is 0 Å². The Balaban J connectivity index is 1.54. The Kier molecular flexibility index (Phi) is 9.41. The lowest BCUT2D eigenvalue weighted by molar-refractivity contribution is 0.199. The summed E-state index contributed by atoms with van der Waals surface area (Å²) in [7, 11) is 0. The molecule has 6 rings (SSSR count). The molecule has 0 fully saturated rings. The molecule has 0 N–H and O–H groups in total. The Morgan fingerprint density at radius 2 is 1.02 bits per heavy atom. The largest absolute Gasteiger partial charge is 0.489 e. The molecule has 236 valence electrons. The van der Waals surface area contributed by atoms with Gasteiger partial charge in [-0.25, -0.2) is 0 Å². The summed E-state index contributed by atoms with van der Waals surface area (Å²) in [5, 5.41) is 0. The van der Waals surface area contributed by atoms with Crippen molar-refractivity contribution in [1.82, 2.24) is 0 Å². The number of hydrogen-bond acceptors (Lipinski definition) is 2. The van der Waals surface area contributed by atoms with Crippen molar-refractivity contribution in [1.29, 1.82) is 0 Å². The second-order valence-electron chi connectivity index (χ2n) is 13.7. The molecule has 45 heavy (non-hydrogen) atoms. The summed E-state index contributed by atoms with van der Waals surface area (Å²) in [5.41, 5.74) is 12.9. The van der Waals surface area contributed by atoms with Crippen molar-refractivity contribution in [2.45, 2.75) is 98.3 Å². The van der Waals surface area contributed by atoms with Crippen LogP contribution in [0, 0.1) is 25.7 Å². The highest BCUT2D eigenvalue weighted by atomic mass is 16.5. The Morgan fingerprint density at radius 1 is 0.533 bits per heavy atom. The summed E-state index contributed by atoms with van der Waals surface area (Å²) in [4.78, 5) is 0. The minimum Gasteiger partial charge on any atom is -0.489 e. The van der Waals surface area contributed by atoms with Crippen LogP contribution in [0.4, 0.5) is 0 Å². The van der Waals surface area contributed by atoms with Crippen molar-refractivity contribution in [3.05, 3.63) is 106 Å². The van der Waals surface area contributed by atoms with E-state index in [9.17, 15) is 0 Å². The van der Waals surface area contributed by atoms with Crippen LogP contribution in [0.15, 0.2) is 72.8 Å². The van der Waals surface area contributed by atoms with E-state index < -0.39 is 0 Å². The van der Waals surface area contributed by atoms with Gasteiger partial charge in [0.05, 0.1) is 18.6 Å². The van der Waals surface area contributed by atoms with Gasteiger partial charge < -0.3 is 9.47 Å². The Hall–Kier alpha value is -3.52. The van der Waals surface area contributed by atoms with Gasteiger partial charge in [-0.15, -0.1) is 0 Å². The summed E-state index contributed by atoms with van der Waals surface area (Å²) in [6.45, 7) is 15.0. The third kappa shape index (κ3) is 5.60. The van der Waals surface area contributed by atoms with Gasteiger partial charge in [0.15, 0.2) is 11.5 Å². The van der Waals surface area contributed by atoms with E-state index in [4.69, 9.17) is 9.47 Å². The monoisotopic (exact) mass is 600 g/mol. The molecule has 2 aliphatic rings. The van der Waals surface area contributed by atoms with Crippen LogP contribution in [0.5, 0.6) is 11.5 Å². The zero-order chi connectivity index (χ0) is 31.6. The molecule has 0 bridgehead atoms. The molecule has 2 atom stereocenters. The topological polar surface area (TPSA) is 18.5 Å². The van der Waals surface area contributed by atoms with Crippen LogP contribution >= 0.6 is 0 Å². The number of aryl methyl sites for hydroxylation is 2. The van der Waals surface area contributed by atoms with Crippen LogP contribution in [0.1, 0.15) is 112 Å². The molecule has 0 saturated heterocycles. The lowest BCUT2D eigenvalue weighted by Crippen LogP contribution is -2.26. The molecule has 0 heterocycles. The highest BCUT2D eigenvalue weighted by molar-refractivity contribution is 5.96. The van der Waals surface area contributed by atoms with Crippen LogP contribution in [-0.4, -0.2) is 13.2 Å². The Bertz CT molecular complexity index is 1590. The van der Waals surface area contributed by atoms with Gasteiger partial charge in [-0.3, -0.25) is 0 Å². The van der Waals surface area contributed by atoms with E-state index in [-0.39, 0.29) is 5.41 Å². The van der Waals surface area contributed by atoms with E-state index in [1.165, 1.54) is 94.2 Å². The maximum atomic E-state index is 6.86. The molecule has 2 aliphatic carbocycles. The van der Waals surface area contributed by atoms with Gasteiger partial charge in [0.2, 0.25) is 0 Å². The number of unbranched alkanes of at least 4 members (excludes halogenated alkanes) is 2. The number of benzene rings is 4. The van der Waals surface area contributed by atoms with E-state index in [0.29, 0.717) is 11.8 Å². The number of rotatable bonds is 14. The number of fused-ring (bicyclic) bond motifs is 10. The van der Waals surface area contributed by atoms with Crippen molar-refractivity contribution in [2.24, 2.45) is 11.8 Å². The van der Waals surface area contributed by atoms with Crippen LogP contribution in [-0.2, 0) is 5.41 Å². The predicted molar refractivity (Wildman–Crippen MR) is 190 cm³/mol. The highest BCUT2D eigenvalue weighted by Gasteiger charge is 2.52. The van der Waals surface area contributed by atoms with Crippen molar-refractivity contribution < 1.29 is 9.47 Å². The van der Waals surface area contributed by atoms with E-state index in [2.05, 4.69) is 114 Å². The quantitative estimate of drug-likeness (QED) is 0.124. The fourth-order valence-electron chi connectivity index (χ4n) is 7.85. The average molecular weight is 601 g/mol. The van der Waals surface area contributed by atoms with E-state index >= 15 is 0 Å². The molecule has 1 spiro atoms. The van der Waals surface area contributed by atoms with Gasteiger partial charge in [-0.05, 0) is 95.2 Å². The molecular formula is C43H52O2. The molecular weight excluding hydrogens is 548 g/mol. The molecule has 4 aromatic carbocycles.